The van der Waals surface area contributed by atoms with Crippen LogP contribution in [0.4, 0.5) is 0 Å². The van der Waals surface area contributed by atoms with Gasteiger partial charge in [0, 0.05) is 6.08 Å². The number of phenols is 1. The van der Waals surface area contributed by atoms with E-state index < -0.39 is 5.97 Å². The largest absolute Gasteiger partial charge is 0.506 e. The summed E-state index contributed by atoms with van der Waals surface area (Å²) < 4.78 is 0. The number of allylic oxidation sites excluding steroid dienone is 1. The molecule has 3 rings (SSSR count). The lowest BCUT2D eigenvalue weighted by Crippen LogP contribution is -1.96. The molecule has 140 valence electrons. The number of phenolic OH excluding ortho intramolecular Hbond substituents is 1. The van der Waals surface area contributed by atoms with Gasteiger partial charge in [-0.3, -0.25) is 0 Å². The van der Waals surface area contributed by atoms with Gasteiger partial charge in [-0.1, -0.05) is 60.3 Å². The molecular formula is C23H23ClO3. The molecule has 1 fully saturated rings. The lowest BCUT2D eigenvalue weighted by molar-refractivity contribution is -0.131. The van der Waals surface area contributed by atoms with Crippen LogP contribution in [0.25, 0.3) is 11.6 Å². The second-order valence-electron chi connectivity index (χ2n) is 6.85. The van der Waals surface area contributed by atoms with Gasteiger partial charge in [0.05, 0.1) is 5.02 Å². The van der Waals surface area contributed by atoms with Crippen molar-refractivity contribution in [3.8, 4) is 5.75 Å². The Bertz CT molecular complexity index is 869. The van der Waals surface area contributed by atoms with Crippen molar-refractivity contribution in [3.63, 3.8) is 0 Å². The van der Waals surface area contributed by atoms with Crippen LogP contribution in [0.15, 0.2) is 54.1 Å². The summed E-state index contributed by atoms with van der Waals surface area (Å²) in [6.45, 7) is 0. The Morgan fingerprint density at radius 1 is 0.926 bits per heavy atom. The molecule has 27 heavy (non-hydrogen) atoms. The van der Waals surface area contributed by atoms with Crippen molar-refractivity contribution < 1.29 is 15.0 Å². The SMILES string of the molecule is O=C(O)C=Cc1ccc(C(=C2CCCCCC2)c2ccc(O)c(Cl)c2)cc1. The van der Waals surface area contributed by atoms with E-state index in [2.05, 4.69) is 0 Å². The van der Waals surface area contributed by atoms with Crippen LogP contribution in [0.3, 0.4) is 0 Å². The number of aliphatic carboxylic acids is 1. The molecule has 1 aliphatic carbocycles. The second kappa shape index (κ2) is 8.92. The second-order valence-corrected chi connectivity index (χ2v) is 7.26. The van der Waals surface area contributed by atoms with Gasteiger partial charge in [0.25, 0.3) is 0 Å². The third-order valence-electron chi connectivity index (χ3n) is 4.91. The van der Waals surface area contributed by atoms with E-state index in [1.807, 2.05) is 36.4 Å². The summed E-state index contributed by atoms with van der Waals surface area (Å²) in [6.07, 6.45) is 9.73. The maximum absolute atomic E-state index is 10.7. The molecule has 0 saturated heterocycles. The van der Waals surface area contributed by atoms with Gasteiger partial charge in [0.2, 0.25) is 0 Å². The molecule has 2 aromatic rings. The van der Waals surface area contributed by atoms with Gasteiger partial charge in [0.1, 0.15) is 5.75 Å². The summed E-state index contributed by atoms with van der Waals surface area (Å²) in [4.78, 5) is 10.7. The van der Waals surface area contributed by atoms with Crippen LogP contribution in [-0.2, 0) is 4.79 Å². The fraction of sp³-hybridized carbons (Fsp3) is 0.261. The molecule has 0 bridgehead atoms. The maximum Gasteiger partial charge on any atom is 0.328 e. The third kappa shape index (κ3) is 5.01. The van der Waals surface area contributed by atoms with Crippen LogP contribution < -0.4 is 0 Å². The molecule has 2 N–H and O–H groups in total. The van der Waals surface area contributed by atoms with Gasteiger partial charge in [-0.05, 0) is 66.2 Å². The molecule has 1 saturated carbocycles. The number of halogens is 1. The van der Waals surface area contributed by atoms with Crippen LogP contribution in [0.5, 0.6) is 5.75 Å². The van der Waals surface area contributed by atoms with Crippen molar-refractivity contribution in [2.75, 3.05) is 0 Å². The van der Waals surface area contributed by atoms with Crippen LogP contribution in [-0.4, -0.2) is 16.2 Å². The van der Waals surface area contributed by atoms with E-state index in [4.69, 9.17) is 16.7 Å². The Morgan fingerprint density at radius 3 is 2.15 bits per heavy atom. The quantitative estimate of drug-likeness (QED) is 0.482. The highest BCUT2D eigenvalue weighted by Crippen LogP contribution is 2.37. The average Bonchev–Trinajstić information content (AvgIpc) is 2.93. The number of carbonyl (C=O) groups is 1. The lowest BCUT2D eigenvalue weighted by atomic mass is 9.89. The van der Waals surface area contributed by atoms with Crippen LogP contribution in [0, 0.1) is 0 Å². The Balaban J connectivity index is 2.05. The zero-order valence-corrected chi connectivity index (χ0v) is 15.9. The Labute approximate surface area is 164 Å². The van der Waals surface area contributed by atoms with E-state index in [9.17, 15) is 9.90 Å². The number of aromatic hydroxyl groups is 1. The molecule has 0 heterocycles. The molecule has 0 unspecified atom stereocenters. The van der Waals surface area contributed by atoms with Gasteiger partial charge in [-0.15, -0.1) is 0 Å². The summed E-state index contributed by atoms with van der Waals surface area (Å²) in [5.74, 6) is -0.876. The standard InChI is InChI=1S/C23H23ClO3/c24-20-15-19(12-13-21(20)25)23(17-5-3-1-2-4-6-17)18-10-7-16(8-11-18)9-14-22(26)27/h7-15,25H,1-6H2,(H,26,27). The zero-order chi connectivity index (χ0) is 19.2. The van der Waals surface area contributed by atoms with Gasteiger partial charge in [-0.25, -0.2) is 4.79 Å². The number of hydrogen-bond donors (Lipinski definition) is 2. The van der Waals surface area contributed by atoms with Crippen LogP contribution in [0.2, 0.25) is 5.02 Å². The fourth-order valence-electron chi connectivity index (χ4n) is 3.57. The molecule has 0 aliphatic heterocycles. The Hall–Kier alpha value is -2.52. The van der Waals surface area contributed by atoms with E-state index in [0.717, 1.165) is 35.6 Å². The highest BCUT2D eigenvalue weighted by atomic mass is 35.5. The van der Waals surface area contributed by atoms with E-state index >= 15 is 0 Å². The summed E-state index contributed by atoms with van der Waals surface area (Å²) >= 11 is 6.18. The van der Waals surface area contributed by atoms with Crippen molar-refractivity contribution in [1.82, 2.24) is 0 Å². The van der Waals surface area contributed by atoms with E-state index in [0.29, 0.717) is 5.02 Å². The third-order valence-corrected chi connectivity index (χ3v) is 5.22. The van der Waals surface area contributed by atoms with Crippen molar-refractivity contribution >= 4 is 29.2 Å². The van der Waals surface area contributed by atoms with Crippen LogP contribution >= 0.6 is 11.6 Å². The first kappa shape index (κ1) is 19.2. The van der Waals surface area contributed by atoms with E-state index in [-0.39, 0.29) is 5.75 Å². The van der Waals surface area contributed by atoms with E-state index in [1.165, 1.54) is 36.8 Å². The number of benzene rings is 2. The van der Waals surface area contributed by atoms with Crippen molar-refractivity contribution in [2.24, 2.45) is 0 Å². The minimum absolute atomic E-state index is 0.0831. The minimum Gasteiger partial charge on any atom is -0.506 e. The summed E-state index contributed by atoms with van der Waals surface area (Å²) in [5, 5.41) is 18.9. The van der Waals surface area contributed by atoms with E-state index in [1.54, 1.807) is 12.1 Å². The summed E-state index contributed by atoms with van der Waals surface area (Å²) in [5.41, 5.74) is 5.52. The predicted octanol–water partition coefficient (Wildman–Crippen LogP) is 6.30. The van der Waals surface area contributed by atoms with Gasteiger partial charge in [0.15, 0.2) is 0 Å². The zero-order valence-electron chi connectivity index (χ0n) is 15.1. The molecule has 1 aliphatic rings. The highest BCUT2D eigenvalue weighted by molar-refractivity contribution is 6.32. The lowest BCUT2D eigenvalue weighted by Gasteiger charge is -2.16. The van der Waals surface area contributed by atoms with Crippen LogP contribution in [0.1, 0.15) is 55.2 Å². The molecule has 0 radical (unpaired) electrons. The summed E-state index contributed by atoms with van der Waals surface area (Å²) in [6, 6.07) is 13.3. The molecular weight excluding hydrogens is 360 g/mol. The molecule has 0 amide bonds. The van der Waals surface area contributed by atoms with Crippen molar-refractivity contribution in [2.45, 2.75) is 38.5 Å². The maximum atomic E-state index is 10.7. The van der Waals surface area contributed by atoms with Gasteiger partial charge < -0.3 is 10.2 Å². The van der Waals surface area contributed by atoms with Crippen molar-refractivity contribution in [1.29, 1.82) is 0 Å². The Morgan fingerprint density at radius 2 is 1.56 bits per heavy atom. The molecule has 4 heteroatoms. The number of carboxylic acid groups (broad SMARTS) is 1. The number of rotatable bonds is 4. The normalized spacial score (nSPS) is 14.9. The first-order valence-electron chi connectivity index (χ1n) is 9.27. The fourth-order valence-corrected chi connectivity index (χ4v) is 3.75. The topological polar surface area (TPSA) is 57.5 Å². The van der Waals surface area contributed by atoms with Gasteiger partial charge in [-0.2, -0.15) is 0 Å². The predicted molar refractivity (Wildman–Crippen MR) is 110 cm³/mol. The Kier molecular flexibility index (Phi) is 6.36. The first-order chi connectivity index (χ1) is 13.0. The summed E-state index contributed by atoms with van der Waals surface area (Å²) in [7, 11) is 0. The minimum atomic E-state index is -0.959. The smallest absolute Gasteiger partial charge is 0.328 e. The van der Waals surface area contributed by atoms with Crippen molar-refractivity contribution in [3.05, 3.63) is 75.8 Å². The highest BCUT2D eigenvalue weighted by Gasteiger charge is 2.15. The molecule has 0 spiro atoms. The van der Waals surface area contributed by atoms with Gasteiger partial charge >= 0.3 is 5.97 Å². The number of hydrogen-bond acceptors (Lipinski definition) is 2. The average molecular weight is 383 g/mol. The molecule has 0 aromatic heterocycles. The number of carboxylic acids is 1. The monoisotopic (exact) mass is 382 g/mol. The molecule has 3 nitrogen and oxygen atoms in total. The molecule has 2 aromatic carbocycles. The molecule has 0 atom stereocenters. The first-order valence-corrected chi connectivity index (χ1v) is 9.65.